The first-order chi connectivity index (χ1) is 10.7. The second-order valence-electron chi connectivity index (χ2n) is 5.02. The second-order valence-corrected chi connectivity index (χ2v) is 5.02. The summed E-state index contributed by atoms with van der Waals surface area (Å²) in [6, 6.07) is 13.3. The SMILES string of the molecule is CNC(=O)c1c(-c2ccccc2)oc2ccc(OC)c(C)c12. The van der Waals surface area contributed by atoms with E-state index in [4.69, 9.17) is 9.15 Å². The smallest absolute Gasteiger partial charge is 0.255 e. The van der Waals surface area contributed by atoms with Crippen LogP contribution in [0.3, 0.4) is 0 Å². The van der Waals surface area contributed by atoms with Crippen molar-refractivity contribution in [3.8, 4) is 17.1 Å². The van der Waals surface area contributed by atoms with E-state index in [1.54, 1.807) is 14.2 Å². The number of furan rings is 1. The van der Waals surface area contributed by atoms with Crippen molar-refractivity contribution in [3.63, 3.8) is 0 Å². The molecule has 3 aromatic rings. The predicted molar refractivity (Wildman–Crippen MR) is 86.3 cm³/mol. The van der Waals surface area contributed by atoms with E-state index in [1.807, 2.05) is 49.4 Å². The lowest BCUT2D eigenvalue weighted by atomic mass is 10.0. The standard InChI is InChI=1S/C18H17NO3/c1-11-13(21-3)9-10-14-15(11)16(18(20)19-2)17(22-14)12-7-5-4-6-8-12/h4-10H,1-3H3,(H,19,20). The van der Waals surface area contributed by atoms with Gasteiger partial charge in [-0.05, 0) is 19.1 Å². The van der Waals surface area contributed by atoms with E-state index in [0.717, 1.165) is 22.3 Å². The average Bonchev–Trinajstić information content (AvgIpc) is 2.95. The van der Waals surface area contributed by atoms with Crippen LogP contribution in [-0.4, -0.2) is 20.1 Å². The largest absolute Gasteiger partial charge is 0.496 e. The Bertz CT molecular complexity index is 834. The molecule has 2 aromatic carbocycles. The maximum absolute atomic E-state index is 12.4. The molecule has 0 saturated carbocycles. The van der Waals surface area contributed by atoms with Gasteiger partial charge in [-0.1, -0.05) is 30.3 Å². The van der Waals surface area contributed by atoms with Crippen molar-refractivity contribution in [1.29, 1.82) is 0 Å². The zero-order valence-corrected chi connectivity index (χ0v) is 12.8. The van der Waals surface area contributed by atoms with Gasteiger partial charge in [-0.3, -0.25) is 4.79 Å². The molecule has 22 heavy (non-hydrogen) atoms. The number of carbonyl (C=O) groups is 1. The quantitative estimate of drug-likeness (QED) is 0.800. The van der Waals surface area contributed by atoms with Crippen molar-refractivity contribution in [2.24, 2.45) is 0 Å². The Morgan fingerprint density at radius 1 is 1.14 bits per heavy atom. The van der Waals surface area contributed by atoms with E-state index >= 15 is 0 Å². The minimum Gasteiger partial charge on any atom is -0.496 e. The van der Waals surface area contributed by atoms with E-state index in [0.29, 0.717) is 16.9 Å². The highest BCUT2D eigenvalue weighted by molar-refractivity contribution is 6.12. The molecule has 1 amide bonds. The summed E-state index contributed by atoms with van der Waals surface area (Å²) in [6.45, 7) is 1.93. The van der Waals surface area contributed by atoms with Crippen LogP contribution >= 0.6 is 0 Å². The summed E-state index contributed by atoms with van der Waals surface area (Å²) in [5, 5.41) is 3.48. The van der Waals surface area contributed by atoms with Gasteiger partial charge < -0.3 is 14.5 Å². The average molecular weight is 295 g/mol. The minimum absolute atomic E-state index is 0.172. The fraction of sp³-hybridized carbons (Fsp3) is 0.167. The van der Waals surface area contributed by atoms with E-state index in [1.165, 1.54) is 0 Å². The third-order valence-corrected chi connectivity index (χ3v) is 3.78. The highest BCUT2D eigenvalue weighted by atomic mass is 16.5. The normalized spacial score (nSPS) is 10.7. The van der Waals surface area contributed by atoms with Crippen LogP contribution in [0.1, 0.15) is 15.9 Å². The van der Waals surface area contributed by atoms with Gasteiger partial charge >= 0.3 is 0 Å². The molecule has 0 aliphatic rings. The Morgan fingerprint density at radius 3 is 2.50 bits per heavy atom. The molecule has 0 saturated heterocycles. The van der Waals surface area contributed by atoms with Gasteiger partial charge in [0.15, 0.2) is 0 Å². The lowest BCUT2D eigenvalue weighted by Crippen LogP contribution is -2.18. The third kappa shape index (κ3) is 2.13. The Balaban J connectivity index is 2.38. The van der Waals surface area contributed by atoms with E-state index < -0.39 is 0 Å². The molecule has 3 rings (SSSR count). The van der Waals surface area contributed by atoms with Crippen LogP contribution in [0.15, 0.2) is 46.9 Å². The van der Waals surface area contributed by atoms with Gasteiger partial charge in [0.2, 0.25) is 0 Å². The van der Waals surface area contributed by atoms with E-state index in [-0.39, 0.29) is 5.91 Å². The fourth-order valence-corrected chi connectivity index (χ4v) is 2.69. The monoisotopic (exact) mass is 295 g/mol. The van der Waals surface area contributed by atoms with Gasteiger partial charge in [-0.25, -0.2) is 0 Å². The number of benzene rings is 2. The number of nitrogens with one attached hydrogen (secondary N) is 1. The lowest BCUT2D eigenvalue weighted by molar-refractivity contribution is 0.0964. The Labute approximate surface area is 128 Å². The summed E-state index contributed by atoms with van der Waals surface area (Å²) in [4.78, 5) is 12.4. The molecule has 4 heteroatoms. The molecule has 0 atom stereocenters. The van der Waals surface area contributed by atoms with Crippen LogP contribution < -0.4 is 10.1 Å². The van der Waals surface area contributed by atoms with E-state index in [9.17, 15) is 4.79 Å². The molecule has 0 spiro atoms. The van der Waals surface area contributed by atoms with Gasteiger partial charge in [0.05, 0.1) is 12.7 Å². The molecule has 4 nitrogen and oxygen atoms in total. The summed E-state index contributed by atoms with van der Waals surface area (Å²) < 4.78 is 11.3. The molecule has 0 fully saturated rings. The zero-order chi connectivity index (χ0) is 15.7. The van der Waals surface area contributed by atoms with Gasteiger partial charge in [-0.2, -0.15) is 0 Å². The number of hydrogen-bond acceptors (Lipinski definition) is 3. The van der Waals surface area contributed by atoms with Gasteiger partial charge in [-0.15, -0.1) is 0 Å². The van der Waals surface area contributed by atoms with Crippen molar-refractivity contribution in [3.05, 3.63) is 53.6 Å². The Hall–Kier alpha value is -2.75. The maximum Gasteiger partial charge on any atom is 0.255 e. The molecule has 0 aliphatic heterocycles. The van der Waals surface area contributed by atoms with Crippen molar-refractivity contribution in [1.82, 2.24) is 5.32 Å². The number of rotatable bonds is 3. The number of carbonyl (C=O) groups excluding carboxylic acids is 1. The highest BCUT2D eigenvalue weighted by Gasteiger charge is 2.23. The third-order valence-electron chi connectivity index (χ3n) is 3.78. The molecule has 1 heterocycles. The molecular weight excluding hydrogens is 278 g/mol. The molecule has 0 aliphatic carbocycles. The first kappa shape index (κ1) is 14.2. The highest BCUT2D eigenvalue weighted by Crippen LogP contribution is 2.38. The van der Waals surface area contributed by atoms with Gasteiger partial charge in [0.25, 0.3) is 5.91 Å². The summed E-state index contributed by atoms with van der Waals surface area (Å²) in [5.74, 6) is 1.14. The Morgan fingerprint density at radius 2 is 1.86 bits per heavy atom. The summed E-state index contributed by atoms with van der Waals surface area (Å²) in [7, 11) is 3.23. The van der Waals surface area contributed by atoms with Crippen LogP contribution in [0.25, 0.3) is 22.3 Å². The number of fused-ring (bicyclic) bond motifs is 1. The van der Waals surface area contributed by atoms with Gasteiger partial charge in [0.1, 0.15) is 17.1 Å². The number of ether oxygens (including phenoxy) is 1. The number of aryl methyl sites for hydroxylation is 1. The van der Waals surface area contributed by atoms with Crippen molar-refractivity contribution in [2.45, 2.75) is 6.92 Å². The first-order valence-electron chi connectivity index (χ1n) is 7.05. The van der Waals surface area contributed by atoms with Crippen LogP contribution in [-0.2, 0) is 0 Å². The fourth-order valence-electron chi connectivity index (χ4n) is 2.69. The van der Waals surface area contributed by atoms with Crippen molar-refractivity contribution in [2.75, 3.05) is 14.2 Å². The minimum atomic E-state index is -0.172. The predicted octanol–water partition coefficient (Wildman–Crippen LogP) is 3.78. The van der Waals surface area contributed by atoms with Crippen LogP contribution in [0, 0.1) is 6.92 Å². The number of hydrogen-bond donors (Lipinski definition) is 1. The zero-order valence-electron chi connectivity index (χ0n) is 12.8. The van der Waals surface area contributed by atoms with Gasteiger partial charge in [0, 0.05) is 23.6 Å². The summed E-state index contributed by atoms with van der Waals surface area (Å²) in [5.41, 5.74) is 2.98. The maximum atomic E-state index is 12.4. The summed E-state index contributed by atoms with van der Waals surface area (Å²) >= 11 is 0. The molecule has 0 bridgehead atoms. The van der Waals surface area contributed by atoms with Crippen molar-refractivity contribution < 1.29 is 13.9 Å². The molecule has 1 N–H and O–H groups in total. The van der Waals surface area contributed by atoms with Crippen molar-refractivity contribution >= 4 is 16.9 Å². The number of methoxy groups -OCH3 is 1. The van der Waals surface area contributed by atoms with Crippen LogP contribution in [0.2, 0.25) is 0 Å². The number of amides is 1. The Kier molecular flexibility index (Phi) is 3.59. The lowest BCUT2D eigenvalue weighted by Gasteiger charge is -2.06. The molecule has 0 unspecified atom stereocenters. The molecule has 1 aromatic heterocycles. The van der Waals surface area contributed by atoms with E-state index in [2.05, 4.69) is 5.32 Å². The van der Waals surface area contributed by atoms with Crippen LogP contribution in [0.5, 0.6) is 5.75 Å². The first-order valence-corrected chi connectivity index (χ1v) is 7.05. The molecular formula is C18H17NO3. The molecule has 0 radical (unpaired) electrons. The molecule has 112 valence electrons. The topological polar surface area (TPSA) is 51.5 Å². The van der Waals surface area contributed by atoms with Crippen LogP contribution in [0.4, 0.5) is 0 Å². The summed E-state index contributed by atoms with van der Waals surface area (Å²) in [6.07, 6.45) is 0. The second kappa shape index (κ2) is 5.56.